The second kappa shape index (κ2) is 4.72. The number of fused-ring (bicyclic) bond motifs is 1. The Balaban J connectivity index is 2.78. The molecule has 0 aromatic carbocycles. The fourth-order valence-electron chi connectivity index (χ4n) is 1.73. The standard InChI is InChI=1S/C13H11N3O2/c1-2-18-13(17)10-7-9(8-14)11-5-3-4-6-16(11)12(10)15/h3-7,15H,2H2,1H3. The van der Waals surface area contributed by atoms with E-state index in [1.54, 1.807) is 31.3 Å². The zero-order valence-corrected chi connectivity index (χ0v) is 9.80. The molecule has 0 aliphatic carbocycles. The zero-order valence-electron chi connectivity index (χ0n) is 9.80. The van der Waals surface area contributed by atoms with E-state index in [1.165, 1.54) is 10.5 Å². The maximum absolute atomic E-state index is 11.7. The Morgan fingerprint density at radius 3 is 3.00 bits per heavy atom. The lowest BCUT2D eigenvalue weighted by atomic mass is 10.1. The molecule has 0 fully saturated rings. The highest BCUT2D eigenvalue weighted by molar-refractivity contribution is 5.90. The molecule has 1 N–H and O–H groups in total. The van der Waals surface area contributed by atoms with Crippen LogP contribution in [-0.2, 0) is 4.74 Å². The normalized spacial score (nSPS) is 10.0. The summed E-state index contributed by atoms with van der Waals surface area (Å²) in [6.45, 7) is 1.93. The lowest BCUT2D eigenvalue weighted by molar-refractivity contribution is 0.0523. The third kappa shape index (κ3) is 1.84. The van der Waals surface area contributed by atoms with Crippen molar-refractivity contribution in [2.24, 2.45) is 0 Å². The van der Waals surface area contributed by atoms with Gasteiger partial charge in [0, 0.05) is 6.20 Å². The van der Waals surface area contributed by atoms with Crippen molar-refractivity contribution in [1.82, 2.24) is 4.40 Å². The van der Waals surface area contributed by atoms with Gasteiger partial charge >= 0.3 is 5.97 Å². The fourth-order valence-corrected chi connectivity index (χ4v) is 1.73. The molecule has 2 rings (SSSR count). The van der Waals surface area contributed by atoms with Crippen LogP contribution in [0.15, 0.2) is 30.5 Å². The van der Waals surface area contributed by atoms with Crippen molar-refractivity contribution in [3.63, 3.8) is 0 Å². The van der Waals surface area contributed by atoms with Crippen LogP contribution in [0.1, 0.15) is 22.8 Å². The molecule has 2 aromatic rings. The van der Waals surface area contributed by atoms with Crippen molar-refractivity contribution in [3.8, 4) is 6.07 Å². The molecule has 0 amide bonds. The first-order valence-electron chi connectivity index (χ1n) is 5.45. The molecule has 5 nitrogen and oxygen atoms in total. The maximum atomic E-state index is 11.7. The van der Waals surface area contributed by atoms with Crippen LogP contribution >= 0.6 is 0 Å². The predicted molar refractivity (Wildman–Crippen MR) is 63.9 cm³/mol. The van der Waals surface area contributed by atoms with Gasteiger partial charge in [0.1, 0.15) is 17.1 Å². The Labute approximate surface area is 103 Å². The molecule has 5 heteroatoms. The SMILES string of the molecule is CCOC(=O)c1cc(C#N)c2ccccn2c1=N. The van der Waals surface area contributed by atoms with E-state index in [9.17, 15) is 4.79 Å². The summed E-state index contributed by atoms with van der Waals surface area (Å²) in [6.07, 6.45) is 1.64. The third-order valence-corrected chi connectivity index (χ3v) is 2.54. The number of nitrogens with zero attached hydrogens (tertiary/aromatic N) is 2. The fraction of sp³-hybridized carbons (Fsp3) is 0.154. The van der Waals surface area contributed by atoms with E-state index in [2.05, 4.69) is 0 Å². The van der Waals surface area contributed by atoms with Gasteiger partial charge in [-0.2, -0.15) is 5.26 Å². The van der Waals surface area contributed by atoms with Crippen LogP contribution in [0.4, 0.5) is 0 Å². The first-order chi connectivity index (χ1) is 8.69. The lowest BCUT2D eigenvalue weighted by Crippen LogP contribution is -2.24. The number of hydrogen-bond donors (Lipinski definition) is 1. The number of rotatable bonds is 2. The number of ether oxygens (including phenoxy) is 1. The van der Waals surface area contributed by atoms with Crippen LogP contribution in [0.2, 0.25) is 0 Å². The van der Waals surface area contributed by atoms with Crippen LogP contribution in [0, 0.1) is 16.7 Å². The summed E-state index contributed by atoms with van der Waals surface area (Å²) in [7, 11) is 0. The van der Waals surface area contributed by atoms with Crippen molar-refractivity contribution < 1.29 is 9.53 Å². The Bertz CT molecular complexity index is 710. The van der Waals surface area contributed by atoms with E-state index >= 15 is 0 Å². The van der Waals surface area contributed by atoms with Gasteiger partial charge in [0.05, 0.1) is 17.7 Å². The molecule has 0 unspecified atom stereocenters. The molecular weight excluding hydrogens is 230 g/mol. The van der Waals surface area contributed by atoms with Crippen molar-refractivity contribution in [2.45, 2.75) is 6.92 Å². The molecule has 18 heavy (non-hydrogen) atoms. The molecule has 0 bridgehead atoms. The number of hydrogen-bond acceptors (Lipinski definition) is 4. The third-order valence-electron chi connectivity index (χ3n) is 2.54. The smallest absolute Gasteiger partial charge is 0.341 e. The number of nitriles is 1. The summed E-state index contributed by atoms with van der Waals surface area (Å²) in [5, 5.41) is 17.1. The molecule has 2 heterocycles. The van der Waals surface area contributed by atoms with Crippen LogP contribution in [0.3, 0.4) is 0 Å². The Morgan fingerprint density at radius 1 is 1.56 bits per heavy atom. The minimum absolute atomic E-state index is 0.0167. The molecule has 0 atom stereocenters. The van der Waals surface area contributed by atoms with Gasteiger partial charge < -0.3 is 9.14 Å². The molecule has 90 valence electrons. The molecule has 0 saturated heterocycles. The largest absolute Gasteiger partial charge is 0.462 e. The topological polar surface area (TPSA) is 78.3 Å². The molecule has 2 aromatic heterocycles. The van der Waals surface area contributed by atoms with Gasteiger partial charge in [-0.15, -0.1) is 0 Å². The van der Waals surface area contributed by atoms with E-state index < -0.39 is 5.97 Å². The van der Waals surface area contributed by atoms with E-state index in [1.807, 2.05) is 6.07 Å². The number of esters is 1. The first kappa shape index (κ1) is 11.9. The van der Waals surface area contributed by atoms with Gasteiger partial charge in [0.2, 0.25) is 0 Å². The monoisotopic (exact) mass is 241 g/mol. The van der Waals surface area contributed by atoms with Gasteiger partial charge in [-0.05, 0) is 25.1 Å². The Kier molecular flexibility index (Phi) is 3.11. The first-order valence-corrected chi connectivity index (χ1v) is 5.45. The summed E-state index contributed by atoms with van der Waals surface area (Å²) in [5.41, 5.74) is 1.05. The molecular formula is C13H11N3O2. The van der Waals surface area contributed by atoms with Gasteiger partial charge in [0.25, 0.3) is 0 Å². The molecule has 0 radical (unpaired) electrons. The van der Waals surface area contributed by atoms with E-state index in [4.69, 9.17) is 15.4 Å². The second-order valence-electron chi connectivity index (χ2n) is 3.61. The maximum Gasteiger partial charge on any atom is 0.341 e. The minimum Gasteiger partial charge on any atom is -0.462 e. The molecule has 0 spiro atoms. The highest BCUT2D eigenvalue weighted by Crippen LogP contribution is 2.10. The van der Waals surface area contributed by atoms with Gasteiger partial charge in [-0.1, -0.05) is 6.07 Å². The summed E-state index contributed by atoms with van der Waals surface area (Å²) in [6, 6.07) is 8.66. The van der Waals surface area contributed by atoms with E-state index in [0.29, 0.717) is 11.1 Å². The van der Waals surface area contributed by atoms with E-state index in [0.717, 1.165) is 0 Å². The average Bonchev–Trinajstić information content (AvgIpc) is 2.40. The van der Waals surface area contributed by atoms with Crippen molar-refractivity contribution in [2.75, 3.05) is 6.61 Å². The summed E-state index contributed by atoms with van der Waals surface area (Å²) in [4.78, 5) is 11.7. The summed E-state index contributed by atoms with van der Waals surface area (Å²) < 4.78 is 6.37. The Morgan fingerprint density at radius 2 is 2.33 bits per heavy atom. The molecule has 0 aliphatic heterocycles. The molecule has 0 aliphatic rings. The average molecular weight is 241 g/mol. The second-order valence-corrected chi connectivity index (χ2v) is 3.61. The number of carbonyl (C=O) groups is 1. The number of pyridine rings is 2. The van der Waals surface area contributed by atoms with Crippen molar-refractivity contribution in [1.29, 1.82) is 10.7 Å². The van der Waals surface area contributed by atoms with Gasteiger partial charge in [-0.25, -0.2) is 4.79 Å². The highest BCUT2D eigenvalue weighted by atomic mass is 16.5. The number of nitrogens with one attached hydrogen (secondary N) is 1. The van der Waals surface area contributed by atoms with Gasteiger partial charge in [0.15, 0.2) is 0 Å². The van der Waals surface area contributed by atoms with Crippen molar-refractivity contribution in [3.05, 3.63) is 47.1 Å². The minimum atomic E-state index is -0.586. The molecule has 0 saturated carbocycles. The van der Waals surface area contributed by atoms with Crippen LogP contribution in [-0.4, -0.2) is 17.0 Å². The van der Waals surface area contributed by atoms with Crippen LogP contribution < -0.4 is 5.49 Å². The Hall–Kier alpha value is -2.61. The summed E-state index contributed by atoms with van der Waals surface area (Å²) in [5.74, 6) is -0.586. The summed E-state index contributed by atoms with van der Waals surface area (Å²) >= 11 is 0. The predicted octanol–water partition coefficient (Wildman–Crippen LogP) is 1.47. The quantitative estimate of drug-likeness (QED) is 0.808. The highest BCUT2D eigenvalue weighted by Gasteiger charge is 2.13. The van der Waals surface area contributed by atoms with Crippen LogP contribution in [0.25, 0.3) is 5.52 Å². The van der Waals surface area contributed by atoms with E-state index in [-0.39, 0.29) is 17.7 Å². The van der Waals surface area contributed by atoms with Crippen LogP contribution in [0.5, 0.6) is 0 Å². The lowest BCUT2D eigenvalue weighted by Gasteiger charge is -2.07. The number of aromatic nitrogens is 1. The van der Waals surface area contributed by atoms with Crippen molar-refractivity contribution >= 4 is 11.5 Å². The van der Waals surface area contributed by atoms with Gasteiger partial charge in [-0.3, -0.25) is 5.41 Å². The number of carbonyl (C=O) groups excluding carboxylic acids is 1. The zero-order chi connectivity index (χ0) is 13.1.